The molecule has 1 atom stereocenters. The molecule has 0 unspecified atom stereocenters. The van der Waals surface area contributed by atoms with E-state index in [0.717, 1.165) is 21.8 Å². The van der Waals surface area contributed by atoms with E-state index < -0.39 is 0 Å². The lowest BCUT2D eigenvalue weighted by molar-refractivity contribution is 0.597. The number of hydrogen-bond acceptors (Lipinski definition) is 1. The first-order valence-electron chi connectivity index (χ1n) is 4.87. The minimum Gasteiger partial charge on any atom is -0.324 e. The molecule has 0 aliphatic heterocycles. The third kappa shape index (κ3) is 2.50. The summed E-state index contributed by atoms with van der Waals surface area (Å²) >= 11 is 9.32. The topological polar surface area (TPSA) is 26.0 Å². The zero-order chi connectivity index (χ0) is 10.1. The van der Waals surface area contributed by atoms with E-state index in [1.54, 1.807) is 0 Å². The fourth-order valence-electron chi connectivity index (χ4n) is 1.59. The van der Waals surface area contributed by atoms with Gasteiger partial charge < -0.3 is 5.73 Å². The summed E-state index contributed by atoms with van der Waals surface area (Å²) in [6.07, 6.45) is 3.80. The normalized spacial score (nSPS) is 18.2. The maximum absolute atomic E-state index is 6.09. The molecule has 1 saturated carbocycles. The Morgan fingerprint density at radius 3 is 2.79 bits per heavy atom. The van der Waals surface area contributed by atoms with Crippen LogP contribution in [0.25, 0.3) is 0 Å². The Kier molecular flexibility index (Phi) is 3.15. The fourth-order valence-corrected chi connectivity index (χ4v) is 2.11. The highest BCUT2D eigenvalue weighted by Crippen LogP contribution is 2.37. The van der Waals surface area contributed by atoms with E-state index in [-0.39, 0.29) is 6.04 Å². The van der Waals surface area contributed by atoms with Crippen LogP contribution in [0.4, 0.5) is 0 Å². The Hall–Kier alpha value is -0.0500. The van der Waals surface area contributed by atoms with Crippen LogP contribution < -0.4 is 5.73 Å². The van der Waals surface area contributed by atoms with Crippen molar-refractivity contribution >= 4 is 27.5 Å². The molecule has 0 radical (unpaired) electrons. The van der Waals surface area contributed by atoms with Crippen molar-refractivity contribution in [3.63, 3.8) is 0 Å². The largest absolute Gasteiger partial charge is 0.324 e. The van der Waals surface area contributed by atoms with Crippen molar-refractivity contribution in [3.05, 3.63) is 33.3 Å². The van der Waals surface area contributed by atoms with Crippen molar-refractivity contribution in [2.45, 2.75) is 25.3 Å². The van der Waals surface area contributed by atoms with Crippen LogP contribution in [0.2, 0.25) is 5.02 Å². The van der Waals surface area contributed by atoms with Crippen LogP contribution in [-0.2, 0) is 0 Å². The molecule has 0 spiro atoms. The van der Waals surface area contributed by atoms with Crippen molar-refractivity contribution in [1.82, 2.24) is 0 Å². The van der Waals surface area contributed by atoms with E-state index in [1.165, 1.54) is 18.4 Å². The number of halogens is 2. The molecule has 1 aromatic carbocycles. The van der Waals surface area contributed by atoms with Crippen molar-refractivity contribution in [1.29, 1.82) is 0 Å². The van der Waals surface area contributed by atoms with Gasteiger partial charge in [0.15, 0.2) is 0 Å². The van der Waals surface area contributed by atoms with Crippen molar-refractivity contribution in [2.24, 2.45) is 11.7 Å². The van der Waals surface area contributed by atoms with Gasteiger partial charge >= 0.3 is 0 Å². The molecule has 0 saturated heterocycles. The van der Waals surface area contributed by atoms with Crippen LogP contribution in [0, 0.1) is 5.92 Å². The Morgan fingerprint density at radius 1 is 1.50 bits per heavy atom. The first kappa shape index (κ1) is 10.5. The van der Waals surface area contributed by atoms with Crippen molar-refractivity contribution in [3.8, 4) is 0 Å². The van der Waals surface area contributed by atoms with Gasteiger partial charge in [0.25, 0.3) is 0 Å². The molecule has 1 nitrogen and oxygen atoms in total. The standard InChI is InChI=1S/C11H13BrClN/c12-9-6-8(3-4-10(9)13)11(14)5-7-1-2-7/h3-4,6-7,11H,1-2,5,14H2/t11-/m1/s1. The summed E-state index contributed by atoms with van der Waals surface area (Å²) in [5, 5.41) is 0.743. The highest BCUT2D eigenvalue weighted by molar-refractivity contribution is 9.10. The molecule has 0 heterocycles. The van der Waals surface area contributed by atoms with Crippen LogP contribution >= 0.6 is 27.5 Å². The smallest absolute Gasteiger partial charge is 0.0548 e. The molecule has 2 rings (SSSR count). The summed E-state index contributed by atoms with van der Waals surface area (Å²) in [6.45, 7) is 0. The molecule has 1 fully saturated rings. The Balaban J connectivity index is 2.10. The van der Waals surface area contributed by atoms with Gasteiger partial charge in [-0.3, -0.25) is 0 Å². The third-order valence-electron chi connectivity index (χ3n) is 2.66. The number of benzene rings is 1. The maximum Gasteiger partial charge on any atom is 0.0548 e. The minimum absolute atomic E-state index is 0.163. The highest BCUT2D eigenvalue weighted by Gasteiger charge is 2.24. The monoisotopic (exact) mass is 273 g/mol. The average Bonchev–Trinajstić information content (AvgIpc) is 2.93. The summed E-state index contributed by atoms with van der Waals surface area (Å²) in [7, 11) is 0. The molecule has 14 heavy (non-hydrogen) atoms. The quantitative estimate of drug-likeness (QED) is 0.889. The Morgan fingerprint density at radius 2 is 2.21 bits per heavy atom. The minimum atomic E-state index is 0.163. The van der Waals surface area contributed by atoms with Gasteiger partial charge in [-0.2, -0.15) is 0 Å². The third-order valence-corrected chi connectivity index (χ3v) is 3.87. The molecule has 1 aromatic rings. The predicted molar refractivity (Wildman–Crippen MR) is 63.4 cm³/mol. The first-order valence-corrected chi connectivity index (χ1v) is 6.04. The van der Waals surface area contributed by atoms with Crippen molar-refractivity contribution < 1.29 is 0 Å². The van der Waals surface area contributed by atoms with Gasteiger partial charge in [0, 0.05) is 10.5 Å². The Bertz CT molecular complexity index is 336. The van der Waals surface area contributed by atoms with Crippen LogP contribution in [0.3, 0.4) is 0 Å². The highest BCUT2D eigenvalue weighted by atomic mass is 79.9. The van der Waals surface area contributed by atoms with Gasteiger partial charge in [0.2, 0.25) is 0 Å². The van der Waals surface area contributed by atoms with E-state index in [9.17, 15) is 0 Å². The SMILES string of the molecule is N[C@H](CC1CC1)c1ccc(Cl)c(Br)c1. The predicted octanol–water partition coefficient (Wildman–Crippen LogP) is 3.90. The lowest BCUT2D eigenvalue weighted by Gasteiger charge is -2.11. The lowest BCUT2D eigenvalue weighted by atomic mass is 10.0. The summed E-state index contributed by atoms with van der Waals surface area (Å²) < 4.78 is 0.933. The molecule has 76 valence electrons. The summed E-state index contributed by atoms with van der Waals surface area (Å²) in [5.74, 6) is 0.861. The van der Waals surface area contributed by atoms with Gasteiger partial charge in [-0.05, 0) is 46.0 Å². The molecule has 0 amide bonds. The summed E-state index contributed by atoms with van der Waals surface area (Å²) in [6, 6.07) is 6.10. The van der Waals surface area contributed by atoms with Crippen LogP contribution in [0.1, 0.15) is 30.9 Å². The average molecular weight is 275 g/mol. The zero-order valence-electron chi connectivity index (χ0n) is 7.84. The summed E-state index contributed by atoms with van der Waals surface area (Å²) in [5.41, 5.74) is 7.27. The molecule has 0 bridgehead atoms. The Labute approximate surface area is 97.8 Å². The number of nitrogens with two attached hydrogens (primary N) is 1. The molecule has 0 aromatic heterocycles. The van der Waals surface area contributed by atoms with Gasteiger partial charge in [0.1, 0.15) is 0 Å². The molecular formula is C11H13BrClN. The molecule has 2 N–H and O–H groups in total. The van der Waals surface area contributed by atoms with Crippen LogP contribution in [0.15, 0.2) is 22.7 Å². The molecule has 3 heteroatoms. The number of rotatable bonds is 3. The van der Waals surface area contributed by atoms with E-state index in [4.69, 9.17) is 17.3 Å². The summed E-state index contributed by atoms with van der Waals surface area (Å²) in [4.78, 5) is 0. The number of hydrogen-bond donors (Lipinski definition) is 1. The second-order valence-electron chi connectivity index (χ2n) is 3.96. The van der Waals surface area contributed by atoms with Crippen LogP contribution in [-0.4, -0.2) is 0 Å². The van der Waals surface area contributed by atoms with E-state index >= 15 is 0 Å². The van der Waals surface area contributed by atoms with E-state index in [2.05, 4.69) is 15.9 Å². The maximum atomic E-state index is 6.09. The molecule has 1 aliphatic carbocycles. The fraction of sp³-hybridized carbons (Fsp3) is 0.455. The zero-order valence-corrected chi connectivity index (χ0v) is 10.2. The van der Waals surface area contributed by atoms with Gasteiger partial charge in [-0.15, -0.1) is 0 Å². The first-order chi connectivity index (χ1) is 6.66. The van der Waals surface area contributed by atoms with Crippen molar-refractivity contribution in [2.75, 3.05) is 0 Å². The van der Waals surface area contributed by atoms with E-state index in [0.29, 0.717) is 0 Å². The van der Waals surface area contributed by atoms with Gasteiger partial charge in [0.05, 0.1) is 5.02 Å². The molecule has 1 aliphatic rings. The second kappa shape index (κ2) is 4.21. The van der Waals surface area contributed by atoms with E-state index in [1.807, 2.05) is 18.2 Å². The van der Waals surface area contributed by atoms with Crippen LogP contribution in [0.5, 0.6) is 0 Å². The second-order valence-corrected chi connectivity index (χ2v) is 5.22. The molecular weight excluding hydrogens is 261 g/mol. The van der Waals surface area contributed by atoms with Gasteiger partial charge in [-0.1, -0.05) is 30.5 Å². The lowest BCUT2D eigenvalue weighted by Crippen LogP contribution is -2.10. The van der Waals surface area contributed by atoms with Gasteiger partial charge in [-0.25, -0.2) is 0 Å².